The van der Waals surface area contributed by atoms with E-state index in [1.54, 1.807) is 20.8 Å². The summed E-state index contributed by atoms with van der Waals surface area (Å²) in [5.74, 6) is -1.41. The summed E-state index contributed by atoms with van der Waals surface area (Å²) < 4.78 is 33.0. The highest BCUT2D eigenvalue weighted by Crippen LogP contribution is 2.32. The van der Waals surface area contributed by atoms with Crippen molar-refractivity contribution in [3.63, 3.8) is 0 Å². The maximum absolute atomic E-state index is 13.8. The summed E-state index contributed by atoms with van der Waals surface area (Å²) in [6, 6.07) is 9.18. The maximum Gasteiger partial charge on any atom is 0.407 e. The Labute approximate surface area is 220 Å². The standard InChI is InChI=1S/C30H42F2N2O3/c1-29(2,3)17-19-10-11-21-8-7-9-25(24(21)14-19)33-18-27(35)26(34-28(36)37-30(4,5)6)15-20-12-22(31)16-23(32)13-20/h10-14,16,25-27,33,35H,7-9,15,17-18H2,1-6H3,(H,34,36)/t25?,26?,27-/m1/s1. The van der Waals surface area contributed by atoms with E-state index in [0.717, 1.165) is 31.7 Å². The molecule has 1 aliphatic carbocycles. The zero-order valence-electron chi connectivity index (χ0n) is 23.0. The average molecular weight is 517 g/mol. The largest absolute Gasteiger partial charge is 0.444 e. The van der Waals surface area contributed by atoms with Crippen LogP contribution in [0.2, 0.25) is 0 Å². The first kappa shape index (κ1) is 29.1. The third kappa shape index (κ3) is 9.38. The van der Waals surface area contributed by atoms with E-state index in [0.29, 0.717) is 5.56 Å². The van der Waals surface area contributed by atoms with E-state index in [-0.39, 0.29) is 24.4 Å². The number of aryl methyl sites for hydroxylation is 1. The zero-order chi connectivity index (χ0) is 27.4. The van der Waals surface area contributed by atoms with Crippen molar-refractivity contribution in [3.05, 3.63) is 70.3 Å². The number of aliphatic hydroxyl groups excluding tert-OH is 1. The highest BCUT2D eigenvalue weighted by Gasteiger charge is 2.28. The summed E-state index contributed by atoms with van der Waals surface area (Å²) in [6.45, 7) is 12.1. The first-order valence-electron chi connectivity index (χ1n) is 13.2. The van der Waals surface area contributed by atoms with Crippen LogP contribution in [0.25, 0.3) is 0 Å². The molecule has 2 aromatic carbocycles. The Bertz CT molecular complexity index is 1060. The minimum atomic E-state index is -1.01. The van der Waals surface area contributed by atoms with Crippen LogP contribution in [0.1, 0.15) is 82.7 Å². The number of aliphatic hydroxyl groups is 1. The third-order valence-corrected chi connectivity index (χ3v) is 6.38. The number of alkyl carbamates (subject to hydrolysis) is 1. The van der Waals surface area contributed by atoms with E-state index in [2.05, 4.69) is 49.6 Å². The van der Waals surface area contributed by atoms with Crippen LogP contribution in [0.15, 0.2) is 36.4 Å². The summed E-state index contributed by atoms with van der Waals surface area (Å²) in [5, 5.41) is 17.3. The van der Waals surface area contributed by atoms with Gasteiger partial charge in [-0.2, -0.15) is 0 Å². The van der Waals surface area contributed by atoms with Crippen molar-refractivity contribution < 1.29 is 23.4 Å². The monoisotopic (exact) mass is 516 g/mol. The van der Waals surface area contributed by atoms with Crippen molar-refractivity contribution in [1.29, 1.82) is 0 Å². The van der Waals surface area contributed by atoms with E-state index in [1.807, 2.05) is 0 Å². The first-order valence-corrected chi connectivity index (χ1v) is 13.2. The van der Waals surface area contributed by atoms with Gasteiger partial charge in [-0.1, -0.05) is 39.0 Å². The summed E-state index contributed by atoms with van der Waals surface area (Å²) in [4.78, 5) is 12.5. The summed E-state index contributed by atoms with van der Waals surface area (Å²) in [6.07, 6.45) is 2.33. The molecule has 5 nitrogen and oxygen atoms in total. The van der Waals surface area contributed by atoms with Crippen LogP contribution < -0.4 is 10.6 Å². The molecule has 0 spiro atoms. The molecule has 1 aliphatic rings. The average Bonchev–Trinajstić information content (AvgIpc) is 2.74. The summed E-state index contributed by atoms with van der Waals surface area (Å²) in [5.41, 5.74) is 3.65. The topological polar surface area (TPSA) is 70.6 Å². The number of rotatable bonds is 8. The number of ether oxygens (including phenoxy) is 1. The molecule has 3 atom stereocenters. The number of amides is 1. The van der Waals surface area contributed by atoms with Crippen molar-refractivity contribution in [2.75, 3.05) is 6.54 Å². The lowest BCUT2D eigenvalue weighted by Gasteiger charge is -2.31. The number of carbonyl (C=O) groups excluding carboxylic acids is 1. The van der Waals surface area contributed by atoms with Crippen molar-refractivity contribution in [1.82, 2.24) is 10.6 Å². The molecule has 3 rings (SSSR count). The Balaban J connectivity index is 1.74. The van der Waals surface area contributed by atoms with E-state index < -0.39 is 35.5 Å². The van der Waals surface area contributed by atoms with E-state index in [1.165, 1.54) is 28.8 Å². The van der Waals surface area contributed by atoms with Crippen LogP contribution in [0.4, 0.5) is 13.6 Å². The van der Waals surface area contributed by atoms with E-state index >= 15 is 0 Å². The second-order valence-electron chi connectivity index (χ2n) is 12.4. The molecule has 0 radical (unpaired) electrons. The fourth-order valence-electron chi connectivity index (χ4n) is 4.91. The SMILES string of the molecule is CC(C)(C)Cc1ccc2c(c1)C(NC[C@@H](O)C(Cc1cc(F)cc(F)c1)NC(=O)OC(C)(C)C)CCC2. The van der Waals surface area contributed by atoms with Crippen molar-refractivity contribution in [2.45, 2.75) is 97.4 Å². The highest BCUT2D eigenvalue weighted by molar-refractivity contribution is 5.68. The number of fused-ring (bicyclic) bond motifs is 1. The van der Waals surface area contributed by atoms with Gasteiger partial charge in [-0.3, -0.25) is 0 Å². The lowest BCUT2D eigenvalue weighted by Crippen LogP contribution is -2.50. The van der Waals surface area contributed by atoms with Crippen LogP contribution in [0.3, 0.4) is 0 Å². The molecular weight excluding hydrogens is 474 g/mol. The van der Waals surface area contributed by atoms with Gasteiger partial charge in [0.1, 0.15) is 17.2 Å². The predicted octanol–water partition coefficient (Wildman–Crippen LogP) is 6.02. The molecule has 0 aliphatic heterocycles. The van der Waals surface area contributed by atoms with E-state index in [9.17, 15) is 18.7 Å². The van der Waals surface area contributed by atoms with Crippen LogP contribution in [-0.4, -0.2) is 35.5 Å². The van der Waals surface area contributed by atoms with Gasteiger partial charge in [0.05, 0.1) is 12.1 Å². The Morgan fingerprint density at radius 1 is 1.05 bits per heavy atom. The molecule has 2 unspecified atom stereocenters. The number of carbonyl (C=O) groups is 1. The lowest BCUT2D eigenvalue weighted by molar-refractivity contribution is 0.0419. The van der Waals surface area contributed by atoms with Gasteiger partial charge in [0.2, 0.25) is 0 Å². The number of hydrogen-bond donors (Lipinski definition) is 3. The van der Waals surface area contributed by atoms with Gasteiger partial charge < -0.3 is 20.5 Å². The van der Waals surface area contributed by atoms with Crippen LogP contribution in [0.5, 0.6) is 0 Å². The predicted molar refractivity (Wildman–Crippen MR) is 143 cm³/mol. The van der Waals surface area contributed by atoms with Gasteiger partial charge in [-0.05, 0) is 92.7 Å². The van der Waals surface area contributed by atoms with Crippen molar-refractivity contribution in [3.8, 4) is 0 Å². The molecule has 1 amide bonds. The molecule has 0 heterocycles. The molecule has 204 valence electrons. The number of hydrogen-bond acceptors (Lipinski definition) is 4. The van der Waals surface area contributed by atoms with Gasteiger partial charge in [-0.25, -0.2) is 13.6 Å². The quantitative estimate of drug-likeness (QED) is 0.401. The van der Waals surface area contributed by atoms with Gasteiger partial charge >= 0.3 is 6.09 Å². The Hall–Kier alpha value is -2.51. The second-order valence-corrected chi connectivity index (χ2v) is 12.4. The Morgan fingerprint density at radius 2 is 1.73 bits per heavy atom. The molecule has 0 bridgehead atoms. The zero-order valence-corrected chi connectivity index (χ0v) is 23.0. The van der Waals surface area contributed by atoms with Gasteiger partial charge in [0.25, 0.3) is 0 Å². The third-order valence-electron chi connectivity index (χ3n) is 6.38. The minimum Gasteiger partial charge on any atom is -0.444 e. The molecular formula is C30H42F2N2O3. The minimum absolute atomic E-state index is 0.0494. The van der Waals surface area contributed by atoms with Gasteiger partial charge in [-0.15, -0.1) is 0 Å². The maximum atomic E-state index is 13.8. The second kappa shape index (κ2) is 11.9. The van der Waals surface area contributed by atoms with E-state index in [4.69, 9.17) is 4.74 Å². The van der Waals surface area contributed by atoms with Crippen molar-refractivity contribution >= 4 is 6.09 Å². The first-order chi connectivity index (χ1) is 17.2. The Morgan fingerprint density at radius 3 is 2.35 bits per heavy atom. The van der Waals surface area contributed by atoms with Crippen LogP contribution in [-0.2, 0) is 24.0 Å². The normalized spacial score (nSPS) is 17.6. The molecule has 7 heteroatoms. The number of halogens is 2. The molecule has 0 saturated heterocycles. The molecule has 0 aromatic heterocycles. The summed E-state index contributed by atoms with van der Waals surface area (Å²) >= 11 is 0. The summed E-state index contributed by atoms with van der Waals surface area (Å²) in [7, 11) is 0. The van der Waals surface area contributed by atoms with Crippen LogP contribution >= 0.6 is 0 Å². The van der Waals surface area contributed by atoms with Gasteiger partial charge in [0, 0.05) is 18.7 Å². The lowest BCUT2D eigenvalue weighted by atomic mass is 9.82. The molecule has 0 saturated carbocycles. The fraction of sp³-hybridized carbons (Fsp3) is 0.567. The van der Waals surface area contributed by atoms with Gasteiger partial charge in [0.15, 0.2) is 0 Å². The number of nitrogens with one attached hydrogen (secondary N) is 2. The molecule has 2 aromatic rings. The van der Waals surface area contributed by atoms with Crippen LogP contribution in [0, 0.1) is 17.0 Å². The number of benzene rings is 2. The highest BCUT2D eigenvalue weighted by atomic mass is 19.1. The fourth-order valence-corrected chi connectivity index (χ4v) is 4.91. The van der Waals surface area contributed by atoms with Crippen molar-refractivity contribution in [2.24, 2.45) is 5.41 Å². The molecule has 37 heavy (non-hydrogen) atoms. The molecule has 0 fully saturated rings. The smallest absolute Gasteiger partial charge is 0.407 e. The Kier molecular flexibility index (Phi) is 9.35. The molecule has 3 N–H and O–H groups in total.